The maximum atomic E-state index is 12.6. The molecule has 1 saturated carbocycles. The Bertz CT molecular complexity index is 696. The van der Waals surface area contributed by atoms with Gasteiger partial charge in [0, 0.05) is 6.61 Å². The van der Waals surface area contributed by atoms with Crippen molar-refractivity contribution >= 4 is 16.0 Å². The van der Waals surface area contributed by atoms with Crippen LogP contribution in [0.4, 0.5) is 0 Å². The lowest BCUT2D eigenvalue weighted by Crippen LogP contribution is -2.52. The molecule has 1 saturated heterocycles. The Morgan fingerprint density at radius 3 is 2.52 bits per heavy atom. The molecule has 1 heterocycles. The monoisotopic (exact) mass is 339 g/mol. The topological polar surface area (TPSA) is 81.7 Å². The number of esters is 1. The molecule has 1 aliphatic carbocycles. The summed E-state index contributed by atoms with van der Waals surface area (Å²) in [7, 11) is -2.39. The number of hydrogen-bond donors (Lipinski definition) is 1. The van der Waals surface area contributed by atoms with Crippen molar-refractivity contribution in [3.05, 3.63) is 29.8 Å². The molecule has 0 bridgehead atoms. The standard InChI is InChI=1S/C16H21NO5S/c1-16(9-10-22-14(16)11-3-4-11)17-23(19,20)13-7-5-12(6-8-13)15(18)21-2/h5-8,11,14,17H,3-4,9-10H2,1-2H3/t14-,16-/m0/s1. The maximum Gasteiger partial charge on any atom is 0.337 e. The number of nitrogens with one attached hydrogen (secondary N) is 1. The van der Waals surface area contributed by atoms with Crippen LogP contribution in [0.1, 0.15) is 36.5 Å². The first-order valence-corrected chi connectivity index (χ1v) is 9.18. The molecule has 1 aromatic carbocycles. The zero-order chi connectivity index (χ0) is 16.7. The Morgan fingerprint density at radius 2 is 1.96 bits per heavy atom. The number of carbonyl (C=O) groups is 1. The number of methoxy groups -OCH3 is 1. The minimum absolute atomic E-state index is 0.0633. The van der Waals surface area contributed by atoms with Crippen molar-refractivity contribution in [3.63, 3.8) is 0 Å². The third-order valence-corrected chi connectivity index (χ3v) is 6.18. The number of ether oxygens (including phenoxy) is 2. The second-order valence-corrected chi connectivity index (χ2v) is 8.10. The molecular weight excluding hydrogens is 318 g/mol. The average molecular weight is 339 g/mol. The second kappa shape index (κ2) is 5.89. The predicted octanol–water partition coefficient (Wildman–Crippen LogP) is 1.71. The van der Waals surface area contributed by atoms with E-state index in [1.807, 2.05) is 6.92 Å². The smallest absolute Gasteiger partial charge is 0.337 e. The zero-order valence-electron chi connectivity index (χ0n) is 13.2. The highest BCUT2D eigenvalue weighted by Gasteiger charge is 2.50. The summed E-state index contributed by atoms with van der Waals surface area (Å²) in [6.07, 6.45) is 2.78. The van der Waals surface area contributed by atoms with Crippen molar-refractivity contribution < 1.29 is 22.7 Å². The third kappa shape index (κ3) is 3.27. The zero-order valence-corrected chi connectivity index (χ0v) is 14.1. The van der Waals surface area contributed by atoms with Crippen LogP contribution in [0.15, 0.2) is 29.2 Å². The Morgan fingerprint density at radius 1 is 1.30 bits per heavy atom. The van der Waals surface area contributed by atoms with Crippen molar-refractivity contribution in [1.82, 2.24) is 4.72 Å². The van der Waals surface area contributed by atoms with Crippen LogP contribution in [-0.4, -0.2) is 39.7 Å². The molecule has 1 aliphatic heterocycles. The van der Waals surface area contributed by atoms with Crippen LogP contribution in [0.3, 0.4) is 0 Å². The average Bonchev–Trinajstić information content (AvgIpc) is 3.29. The minimum atomic E-state index is -3.67. The van der Waals surface area contributed by atoms with E-state index >= 15 is 0 Å². The number of carbonyl (C=O) groups excluding carboxylic acids is 1. The number of sulfonamides is 1. The molecule has 126 valence electrons. The van der Waals surface area contributed by atoms with Crippen molar-refractivity contribution in [2.45, 2.75) is 42.7 Å². The summed E-state index contributed by atoms with van der Waals surface area (Å²) in [5.74, 6) is -0.0428. The molecule has 0 unspecified atom stereocenters. The van der Waals surface area contributed by atoms with Crippen LogP contribution < -0.4 is 4.72 Å². The highest BCUT2D eigenvalue weighted by atomic mass is 32.2. The van der Waals surface area contributed by atoms with E-state index in [-0.39, 0.29) is 11.0 Å². The van der Waals surface area contributed by atoms with Crippen molar-refractivity contribution in [2.75, 3.05) is 13.7 Å². The van der Waals surface area contributed by atoms with Gasteiger partial charge in [-0.2, -0.15) is 0 Å². The van der Waals surface area contributed by atoms with Gasteiger partial charge in [0.25, 0.3) is 0 Å². The van der Waals surface area contributed by atoms with Gasteiger partial charge in [-0.25, -0.2) is 17.9 Å². The quantitative estimate of drug-likeness (QED) is 0.826. The highest BCUT2D eigenvalue weighted by Crippen LogP contribution is 2.43. The summed E-state index contributed by atoms with van der Waals surface area (Å²) in [6, 6.07) is 5.73. The van der Waals surface area contributed by atoms with E-state index in [1.54, 1.807) is 0 Å². The minimum Gasteiger partial charge on any atom is -0.465 e. The molecule has 6 nitrogen and oxygen atoms in total. The van der Waals surface area contributed by atoms with Gasteiger partial charge in [0.15, 0.2) is 0 Å². The Balaban J connectivity index is 1.79. The normalized spacial score (nSPS) is 27.8. The molecule has 2 fully saturated rings. The van der Waals surface area contributed by atoms with Crippen molar-refractivity contribution in [2.24, 2.45) is 5.92 Å². The fourth-order valence-electron chi connectivity index (χ4n) is 3.14. The van der Waals surface area contributed by atoms with Crippen LogP contribution in [0.5, 0.6) is 0 Å². The first kappa shape index (κ1) is 16.4. The summed E-state index contributed by atoms with van der Waals surface area (Å²) in [6.45, 7) is 2.48. The lowest BCUT2D eigenvalue weighted by molar-refractivity contribution is 0.0600. The van der Waals surface area contributed by atoms with E-state index < -0.39 is 21.5 Å². The summed E-state index contributed by atoms with van der Waals surface area (Å²) < 4.78 is 38.5. The molecule has 0 amide bonds. The predicted molar refractivity (Wildman–Crippen MR) is 83.6 cm³/mol. The van der Waals surface area contributed by atoms with E-state index in [4.69, 9.17) is 4.74 Å². The highest BCUT2D eigenvalue weighted by molar-refractivity contribution is 7.89. The molecular formula is C16H21NO5S. The lowest BCUT2D eigenvalue weighted by Gasteiger charge is -2.31. The second-order valence-electron chi connectivity index (χ2n) is 6.42. The molecule has 0 aromatic heterocycles. The maximum absolute atomic E-state index is 12.6. The molecule has 7 heteroatoms. The number of rotatable bonds is 5. The molecule has 2 aliphatic rings. The molecule has 0 spiro atoms. The lowest BCUT2D eigenvalue weighted by atomic mass is 9.92. The van der Waals surface area contributed by atoms with E-state index in [0.717, 1.165) is 12.8 Å². The molecule has 1 N–H and O–H groups in total. The van der Waals surface area contributed by atoms with Gasteiger partial charge < -0.3 is 9.47 Å². The van der Waals surface area contributed by atoms with Gasteiger partial charge in [-0.1, -0.05) is 0 Å². The fourth-order valence-corrected chi connectivity index (χ4v) is 4.59. The Kier molecular flexibility index (Phi) is 4.20. The fraction of sp³-hybridized carbons (Fsp3) is 0.562. The molecule has 0 radical (unpaired) electrons. The van der Waals surface area contributed by atoms with Crippen LogP contribution >= 0.6 is 0 Å². The SMILES string of the molecule is COC(=O)c1ccc(S(=O)(=O)N[C@@]2(C)CCO[C@H]2C2CC2)cc1. The van der Waals surface area contributed by atoms with E-state index in [0.29, 0.717) is 24.5 Å². The van der Waals surface area contributed by atoms with Gasteiger partial charge >= 0.3 is 5.97 Å². The van der Waals surface area contributed by atoms with Gasteiger partial charge in [0.2, 0.25) is 10.0 Å². The van der Waals surface area contributed by atoms with Gasteiger partial charge in [-0.05, 0) is 56.4 Å². The number of hydrogen-bond acceptors (Lipinski definition) is 5. The summed E-state index contributed by atoms with van der Waals surface area (Å²) >= 11 is 0. The van der Waals surface area contributed by atoms with Crippen LogP contribution in [-0.2, 0) is 19.5 Å². The van der Waals surface area contributed by atoms with Gasteiger partial charge in [-0.3, -0.25) is 0 Å². The van der Waals surface area contributed by atoms with Crippen LogP contribution in [0.25, 0.3) is 0 Å². The third-order valence-electron chi connectivity index (χ3n) is 4.55. The molecule has 1 aromatic rings. The summed E-state index contributed by atoms with van der Waals surface area (Å²) in [4.78, 5) is 11.6. The summed E-state index contributed by atoms with van der Waals surface area (Å²) in [5.41, 5.74) is -0.265. The van der Waals surface area contributed by atoms with Crippen molar-refractivity contribution in [1.29, 1.82) is 0 Å². The molecule has 2 atom stereocenters. The van der Waals surface area contributed by atoms with E-state index in [1.165, 1.54) is 31.4 Å². The first-order valence-electron chi connectivity index (χ1n) is 7.70. The summed E-state index contributed by atoms with van der Waals surface area (Å²) in [5, 5.41) is 0. The first-order chi connectivity index (χ1) is 10.9. The Hall–Kier alpha value is -1.44. The molecule has 23 heavy (non-hydrogen) atoms. The van der Waals surface area contributed by atoms with Crippen molar-refractivity contribution in [3.8, 4) is 0 Å². The van der Waals surface area contributed by atoms with E-state index in [9.17, 15) is 13.2 Å². The van der Waals surface area contributed by atoms with Gasteiger partial charge in [0.05, 0.1) is 29.2 Å². The van der Waals surface area contributed by atoms with Gasteiger partial charge in [-0.15, -0.1) is 0 Å². The largest absolute Gasteiger partial charge is 0.465 e. The Labute approximate surface area is 136 Å². The van der Waals surface area contributed by atoms with Crippen LogP contribution in [0.2, 0.25) is 0 Å². The van der Waals surface area contributed by atoms with Gasteiger partial charge in [0.1, 0.15) is 0 Å². The molecule has 3 rings (SSSR count). The van der Waals surface area contributed by atoms with E-state index in [2.05, 4.69) is 9.46 Å². The van der Waals surface area contributed by atoms with Crippen LogP contribution in [0, 0.1) is 5.92 Å². The number of benzene rings is 1.